The van der Waals surface area contributed by atoms with Crippen LogP contribution in [-0.2, 0) is 5.54 Å². The molecule has 2 aliphatic rings. The van der Waals surface area contributed by atoms with E-state index in [1.807, 2.05) is 24.3 Å². The number of amides is 2. The van der Waals surface area contributed by atoms with Crippen LogP contribution in [0.2, 0.25) is 5.02 Å². The maximum Gasteiger partial charge on any atom is 0.315 e. The summed E-state index contributed by atoms with van der Waals surface area (Å²) in [4.78, 5) is 12.2. The number of rotatable bonds is 3. The first-order valence-electron chi connectivity index (χ1n) is 7.53. The molecule has 2 N–H and O–H groups in total. The number of benzene rings is 1. The Labute approximate surface area is 125 Å². The zero-order valence-corrected chi connectivity index (χ0v) is 12.4. The van der Waals surface area contributed by atoms with Gasteiger partial charge in [-0.15, -0.1) is 0 Å². The van der Waals surface area contributed by atoms with Crippen LogP contribution in [0.15, 0.2) is 24.3 Å². The van der Waals surface area contributed by atoms with Gasteiger partial charge >= 0.3 is 6.03 Å². The van der Waals surface area contributed by atoms with E-state index in [4.69, 9.17) is 11.6 Å². The lowest BCUT2D eigenvalue weighted by molar-refractivity contribution is 0.227. The molecule has 2 fully saturated rings. The largest absolute Gasteiger partial charge is 0.335 e. The van der Waals surface area contributed by atoms with Crippen LogP contribution in [-0.4, -0.2) is 12.1 Å². The lowest BCUT2D eigenvalue weighted by Crippen LogP contribution is -2.46. The van der Waals surface area contributed by atoms with Gasteiger partial charge in [0.2, 0.25) is 0 Å². The van der Waals surface area contributed by atoms with Crippen molar-refractivity contribution >= 4 is 17.6 Å². The van der Waals surface area contributed by atoms with E-state index in [-0.39, 0.29) is 11.6 Å². The Hall–Kier alpha value is -1.22. The van der Waals surface area contributed by atoms with E-state index in [0.29, 0.717) is 6.04 Å². The van der Waals surface area contributed by atoms with Crippen molar-refractivity contribution < 1.29 is 4.79 Å². The molecular weight excluding hydrogens is 272 g/mol. The highest BCUT2D eigenvalue weighted by molar-refractivity contribution is 6.30. The fraction of sp³-hybridized carbons (Fsp3) is 0.562. The van der Waals surface area contributed by atoms with E-state index < -0.39 is 0 Å². The second-order valence-electron chi connectivity index (χ2n) is 6.03. The summed E-state index contributed by atoms with van der Waals surface area (Å²) in [6.45, 7) is 0. The fourth-order valence-electron chi connectivity index (χ4n) is 3.08. The average molecular weight is 293 g/mol. The summed E-state index contributed by atoms with van der Waals surface area (Å²) in [6, 6.07) is 8.12. The summed E-state index contributed by atoms with van der Waals surface area (Å²) in [5.74, 6) is 0. The standard InChI is InChI=1S/C16H21ClN2O/c17-13-6-4-5-12(11-13)16(9-10-16)19-15(20)18-14-7-2-1-3-8-14/h4-6,11,14H,1-3,7-10H2,(H2,18,19,20). The normalized spacial score (nSPS) is 21.2. The van der Waals surface area contributed by atoms with Crippen LogP contribution in [0.1, 0.15) is 50.5 Å². The molecule has 1 aromatic carbocycles. The number of urea groups is 1. The number of carbonyl (C=O) groups is 1. The molecule has 1 aromatic rings. The minimum atomic E-state index is -0.191. The molecule has 0 aliphatic heterocycles. The van der Waals surface area contributed by atoms with Crippen LogP contribution in [0.25, 0.3) is 0 Å². The van der Waals surface area contributed by atoms with Gasteiger partial charge in [-0.2, -0.15) is 0 Å². The maximum atomic E-state index is 12.2. The van der Waals surface area contributed by atoms with Crippen LogP contribution < -0.4 is 10.6 Å². The quantitative estimate of drug-likeness (QED) is 0.870. The van der Waals surface area contributed by atoms with Gasteiger partial charge < -0.3 is 10.6 Å². The van der Waals surface area contributed by atoms with Crippen molar-refractivity contribution in [2.45, 2.75) is 56.5 Å². The predicted molar refractivity (Wildman–Crippen MR) is 80.9 cm³/mol. The Balaban J connectivity index is 1.60. The number of hydrogen-bond acceptors (Lipinski definition) is 1. The van der Waals surface area contributed by atoms with Gasteiger partial charge in [0, 0.05) is 11.1 Å². The van der Waals surface area contributed by atoms with Crippen LogP contribution in [0, 0.1) is 0 Å². The SMILES string of the molecule is O=C(NC1CCCCC1)NC1(c2cccc(Cl)c2)CC1. The van der Waals surface area contributed by atoms with Gasteiger partial charge in [-0.1, -0.05) is 43.0 Å². The monoisotopic (exact) mass is 292 g/mol. The summed E-state index contributed by atoms with van der Waals surface area (Å²) >= 11 is 6.04. The lowest BCUT2D eigenvalue weighted by atomic mass is 9.96. The molecule has 0 bridgehead atoms. The highest BCUT2D eigenvalue weighted by Gasteiger charge is 2.45. The van der Waals surface area contributed by atoms with Crippen LogP contribution in [0.5, 0.6) is 0 Å². The molecular formula is C16H21ClN2O. The third kappa shape index (κ3) is 3.09. The summed E-state index contributed by atoms with van der Waals surface area (Å²) < 4.78 is 0. The van der Waals surface area contributed by atoms with E-state index in [2.05, 4.69) is 10.6 Å². The fourth-order valence-corrected chi connectivity index (χ4v) is 3.27. The second kappa shape index (κ2) is 5.65. The van der Waals surface area contributed by atoms with Crippen molar-refractivity contribution in [2.75, 3.05) is 0 Å². The molecule has 0 atom stereocenters. The Kier molecular flexibility index (Phi) is 3.88. The van der Waals surface area contributed by atoms with Crippen LogP contribution in [0.4, 0.5) is 4.79 Å². The molecule has 0 heterocycles. The zero-order chi connectivity index (χ0) is 14.0. The highest BCUT2D eigenvalue weighted by Crippen LogP contribution is 2.45. The van der Waals surface area contributed by atoms with Crippen molar-refractivity contribution in [3.63, 3.8) is 0 Å². The molecule has 2 saturated carbocycles. The highest BCUT2D eigenvalue weighted by atomic mass is 35.5. The molecule has 3 nitrogen and oxygen atoms in total. The third-order valence-corrected chi connectivity index (χ3v) is 4.66. The summed E-state index contributed by atoms with van der Waals surface area (Å²) in [7, 11) is 0. The Morgan fingerprint density at radius 3 is 2.60 bits per heavy atom. The van der Waals surface area contributed by atoms with Gasteiger partial charge in [0.15, 0.2) is 0 Å². The van der Waals surface area contributed by atoms with E-state index in [9.17, 15) is 4.79 Å². The number of halogens is 1. The Morgan fingerprint density at radius 1 is 1.20 bits per heavy atom. The molecule has 0 spiro atoms. The molecule has 0 aromatic heterocycles. The first-order chi connectivity index (χ1) is 9.68. The Bertz CT molecular complexity index is 493. The molecule has 20 heavy (non-hydrogen) atoms. The predicted octanol–water partition coefficient (Wildman–Crippen LogP) is 3.96. The summed E-state index contributed by atoms with van der Waals surface area (Å²) in [5.41, 5.74) is 0.924. The van der Waals surface area contributed by atoms with Crippen molar-refractivity contribution in [3.8, 4) is 0 Å². The van der Waals surface area contributed by atoms with Crippen LogP contribution >= 0.6 is 11.6 Å². The molecule has 3 rings (SSSR count). The van der Waals surface area contributed by atoms with E-state index >= 15 is 0 Å². The first kappa shape index (κ1) is 13.7. The van der Waals surface area contributed by atoms with Crippen molar-refractivity contribution in [1.29, 1.82) is 0 Å². The molecule has 4 heteroatoms. The van der Waals surface area contributed by atoms with Gasteiger partial charge in [0.1, 0.15) is 0 Å². The molecule has 0 saturated heterocycles. The van der Waals surface area contributed by atoms with Gasteiger partial charge in [0.25, 0.3) is 0 Å². The van der Waals surface area contributed by atoms with E-state index in [0.717, 1.165) is 36.3 Å². The lowest BCUT2D eigenvalue weighted by Gasteiger charge is -2.25. The van der Waals surface area contributed by atoms with Gasteiger partial charge in [-0.3, -0.25) is 0 Å². The van der Waals surface area contributed by atoms with Crippen LogP contribution in [0.3, 0.4) is 0 Å². The van der Waals surface area contributed by atoms with Gasteiger partial charge in [-0.05, 0) is 43.4 Å². The second-order valence-corrected chi connectivity index (χ2v) is 6.46. The summed E-state index contributed by atoms with van der Waals surface area (Å²) in [6.07, 6.45) is 7.95. The molecule has 2 aliphatic carbocycles. The minimum absolute atomic E-state index is 0.0330. The van der Waals surface area contributed by atoms with Crippen molar-refractivity contribution in [1.82, 2.24) is 10.6 Å². The molecule has 2 amide bonds. The zero-order valence-electron chi connectivity index (χ0n) is 11.6. The first-order valence-corrected chi connectivity index (χ1v) is 7.90. The van der Waals surface area contributed by atoms with Crippen molar-refractivity contribution in [2.24, 2.45) is 0 Å². The molecule has 0 radical (unpaired) electrons. The van der Waals surface area contributed by atoms with Gasteiger partial charge in [0.05, 0.1) is 5.54 Å². The number of nitrogens with one attached hydrogen (secondary N) is 2. The van der Waals surface area contributed by atoms with E-state index in [1.165, 1.54) is 19.3 Å². The number of carbonyl (C=O) groups excluding carboxylic acids is 1. The summed E-state index contributed by atoms with van der Waals surface area (Å²) in [5, 5.41) is 6.99. The molecule has 0 unspecified atom stereocenters. The smallest absolute Gasteiger partial charge is 0.315 e. The minimum Gasteiger partial charge on any atom is -0.335 e. The van der Waals surface area contributed by atoms with Gasteiger partial charge in [-0.25, -0.2) is 4.79 Å². The van der Waals surface area contributed by atoms with Crippen molar-refractivity contribution in [3.05, 3.63) is 34.9 Å². The average Bonchev–Trinajstić information content (AvgIpc) is 3.20. The third-order valence-electron chi connectivity index (χ3n) is 4.42. The topological polar surface area (TPSA) is 41.1 Å². The van der Waals surface area contributed by atoms with E-state index in [1.54, 1.807) is 0 Å². The maximum absolute atomic E-state index is 12.2. The number of hydrogen-bond donors (Lipinski definition) is 2. The Morgan fingerprint density at radius 2 is 1.95 bits per heavy atom. The molecule has 108 valence electrons.